The van der Waals surface area contributed by atoms with E-state index in [0.29, 0.717) is 0 Å². The van der Waals surface area contributed by atoms with Gasteiger partial charge in [-0.1, -0.05) is 0 Å². The van der Waals surface area contributed by atoms with Crippen LogP contribution in [-0.4, -0.2) is 37.6 Å². The normalized spacial score (nSPS) is 22.0. The highest BCUT2D eigenvalue weighted by molar-refractivity contribution is 5.46. The second-order valence-corrected chi connectivity index (χ2v) is 5.63. The quantitative estimate of drug-likeness (QED) is 0.834. The van der Waals surface area contributed by atoms with Gasteiger partial charge in [0.15, 0.2) is 0 Å². The largest absolute Gasteiger partial charge is 0.369 e. The Bertz CT molecular complexity index is 479. The van der Waals surface area contributed by atoms with E-state index in [1.165, 1.54) is 12.1 Å². The second-order valence-electron chi connectivity index (χ2n) is 5.63. The molecule has 1 heterocycles. The lowest BCUT2D eigenvalue weighted by atomic mass is 10.1. The minimum Gasteiger partial charge on any atom is -0.369 e. The van der Waals surface area contributed by atoms with E-state index in [4.69, 9.17) is 5.26 Å². The molecule has 1 saturated heterocycles. The maximum atomic E-state index is 12.9. The van der Waals surface area contributed by atoms with E-state index in [9.17, 15) is 4.39 Å². The minimum absolute atomic E-state index is 0.0436. The van der Waals surface area contributed by atoms with Gasteiger partial charge >= 0.3 is 0 Å². The molecule has 0 bridgehead atoms. The number of nitriles is 1. The molecule has 1 aromatic carbocycles. The third-order valence-corrected chi connectivity index (χ3v) is 4.18. The van der Waals surface area contributed by atoms with Crippen molar-refractivity contribution in [3.63, 3.8) is 0 Å². The lowest BCUT2D eigenvalue weighted by Crippen LogP contribution is -2.48. The predicted molar refractivity (Wildman–Crippen MR) is 72.3 cm³/mol. The van der Waals surface area contributed by atoms with Crippen molar-refractivity contribution in [3.05, 3.63) is 30.1 Å². The maximum absolute atomic E-state index is 12.9. The first-order valence-electron chi connectivity index (χ1n) is 6.85. The molecule has 0 radical (unpaired) electrons. The van der Waals surface area contributed by atoms with Crippen LogP contribution in [0.5, 0.6) is 0 Å². The number of benzene rings is 1. The van der Waals surface area contributed by atoms with E-state index >= 15 is 0 Å². The zero-order valence-corrected chi connectivity index (χ0v) is 11.0. The number of anilines is 1. The molecule has 0 N–H and O–H groups in total. The van der Waals surface area contributed by atoms with Crippen molar-refractivity contribution in [3.8, 4) is 6.07 Å². The highest BCUT2D eigenvalue weighted by Gasteiger charge is 2.44. The molecule has 3 nitrogen and oxygen atoms in total. The first-order valence-corrected chi connectivity index (χ1v) is 6.85. The van der Waals surface area contributed by atoms with Gasteiger partial charge < -0.3 is 4.90 Å². The van der Waals surface area contributed by atoms with E-state index in [1.54, 1.807) is 0 Å². The summed E-state index contributed by atoms with van der Waals surface area (Å²) in [7, 11) is 0. The minimum atomic E-state index is -0.188. The van der Waals surface area contributed by atoms with Crippen LogP contribution in [0.3, 0.4) is 0 Å². The Kier molecular flexibility index (Phi) is 3.16. The van der Waals surface area contributed by atoms with Crippen LogP contribution < -0.4 is 4.90 Å². The fraction of sp³-hybridized carbons (Fsp3) is 0.533. The van der Waals surface area contributed by atoms with Crippen molar-refractivity contribution >= 4 is 5.69 Å². The highest BCUT2D eigenvalue weighted by Crippen LogP contribution is 2.45. The third-order valence-electron chi connectivity index (χ3n) is 4.18. The lowest BCUT2D eigenvalue weighted by Gasteiger charge is -2.36. The standard InChI is InChI=1S/C15H18FN3/c16-13-1-3-14(4-2-13)19-9-7-18(8-10-19)12-15(11-17)5-6-15/h1-4H,5-10,12H2. The van der Waals surface area contributed by atoms with Crippen molar-refractivity contribution in [2.24, 2.45) is 5.41 Å². The number of hydrogen-bond donors (Lipinski definition) is 0. The second kappa shape index (κ2) is 4.82. The Morgan fingerprint density at radius 1 is 1.11 bits per heavy atom. The summed E-state index contributed by atoms with van der Waals surface area (Å²) in [6.45, 7) is 4.79. The fourth-order valence-electron chi connectivity index (χ4n) is 2.70. The van der Waals surface area contributed by atoms with Crippen molar-refractivity contribution in [1.82, 2.24) is 4.90 Å². The van der Waals surface area contributed by atoms with Crippen molar-refractivity contribution in [2.45, 2.75) is 12.8 Å². The molecule has 1 aliphatic carbocycles. The van der Waals surface area contributed by atoms with E-state index < -0.39 is 0 Å². The van der Waals surface area contributed by atoms with Gasteiger partial charge in [0.25, 0.3) is 0 Å². The van der Waals surface area contributed by atoms with Crippen LogP contribution >= 0.6 is 0 Å². The number of hydrogen-bond acceptors (Lipinski definition) is 3. The van der Waals surface area contributed by atoms with Gasteiger partial charge in [-0.05, 0) is 37.1 Å². The maximum Gasteiger partial charge on any atom is 0.123 e. The Hall–Kier alpha value is -1.60. The van der Waals surface area contributed by atoms with Gasteiger partial charge in [-0.15, -0.1) is 0 Å². The molecule has 19 heavy (non-hydrogen) atoms. The average Bonchev–Trinajstić information content (AvgIpc) is 3.21. The highest BCUT2D eigenvalue weighted by atomic mass is 19.1. The Morgan fingerprint density at radius 2 is 1.74 bits per heavy atom. The van der Waals surface area contributed by atoms with Crippen LogP contribution in [0.25, 0.3) is 0 Å². The van der Waals surface area contributed by atoms with Gasteiger partial charge in [0.2, 0.25) is 0 Å². The van der Waals surface area contributed by atoms with Gasteiger partial charge in [-0.2, -0.15) is 5.26 Å². The zero-order valence-electron chi connectivity index (χ0n) is 11.0. The summed E-state index contributed by atoms with van der Waals surface area (Å²) in [5.74, 6) is -0.188. The van der Waals surface area contributed by atoms with Crippen LogP contribution in [0, 0.1) is 22.6 Å². The third kappa shape index (κ3) is 2.71. The molecule has 0 amide bonds. The summed E-state index contributed by atoms with van der Waals surface area (Å²) in [6, 6.07) is 9.14. The molecule has 1 aromatic rings. The van der Waals surface area contributed by atoms with Gasteiger partial charge in [0.1, 0.15) is 5.82 Å². The first-order chi connectivity index (χ1) is 9.21. The van der Waals surface area contributed by atoms with Crippen molar-refractivity contribution < 1.29 is 4.39 Å². The number of halogens is 1. The Balaban J connectivity index is 1.55. The molecule has 0 atom stereocenters. The van der Waals surface area contributed by atoms with Crippen LogP contribution in [0.1, 0.15) is 12.8 Å². The van der Waals surface area contributed by atoms with Crippen LogP contribution in [0.2, 0.25) is 0 Å². The van der Waals surface area contributed by atoms with Gasteiger partial charge in [0, 0.05) is 38.4 Å². The van der Waals surface area contributed by atoms with E-state index in [-0.39, 0.29) is 11.2 Å². The van der Waals surface area contributed by atoms with Gasteiger partial charge in [0.05, 0.1) is 11.5 Å². The number of nitrogens with zero attached hydrogens (tertiary/aromatic N) is 3. The molecule has 3 rings (SSSR count). The summed E-state index contributed by atoms with van der Waals surface area (Å²) >= 11 is 0. The molecule has 1 aliphatic heterocycles. The van der Waals surface area contributed by atoms with Gasteiger partial charge in [-0.25, -0.2) is 4.39 Å². The molecular weight excluding hydrogens is 241 g/mol. The monoisotopic (exact) mass is 259 g/mol. The summed E-state index contributed by atoms with van der Waals surface area (Å²) in [5.41, 5.74) is 1.04. The Morgan fingerprint density at radius 3 is 2.26 bits per heavy atom. The molecule has 0 unspecified atom stereocenters. The molecule has 0 spiro atoms. The number of piperazine rings is 1. The van der Waals surface area contributed by atoms with Crippen LogP contribution in [0.4, 0.5) is 10.1 Å². The van der Waals surface area contributed by atoms with Crippen LogP contribution in [-0.2, 0) is 0 Å². The molecule has 4 heteroatoms. The smallest absolute Gasteiger partial charge is 0.123 e. The summed E-state index contributed by atoms with van der Waals surface area (Å²) in [4.78, 5) is 4.66. The zero-order chi connectivity index (χ0) is 13.3. The predicted octanol–water partition coefficient (Wildman–Crippen LogP) is 2.25. The van der Waals surface area contributed by atoms with E-state index in [0.717, 1.165) is 51.3 Å². The lowest BCUT2D eigenvalue weighted by molar-refractivity contribution is 0.229. The molecule has 100 valence electrons. The van der Waals surface area contributed by atoms with Crippen molar-refractivity contribution in [2.75, 3.05) is 37.6 Å². The molecular formula is C15H18FN3. The van der Waals surface area contributed by atoms with E-state index in [2.05, 4.69) is 15.9 Å². The van der Waals surface area contributed by atoms with Crippen LogP contribution in [0.15, 0.2) is 24.3 Å². The Labute approximate surface area is 113 Å². The molecule has 2 aliphatic rings. The topological polar surface area (TPSA) is 30.3 Å². The summed E-state index contributed by atoms with van der Waals surface area (Å²) in [5, 5.41) is 9.12. The fourth-order valence-corrected chi connectivity index (χ4v) is 2.70. The summed E-state index contributed by atoms with van der Waals surface area (Å²) in [6.07, 6.45) is 2.11. The molecule has 0 aromatic heterocycles. The molecule has 2 fully saturated rings. The average molecular weight is 259 g/mol. The molecule has 1 saturated carbocycles. The summed E-state index contributed by atoms with van der Waals surface area (Å²) < 4.78 is 12.9. The number of rotatable bonds is 3. The van der Waals surface area contributed by atoms with E-state index in [1.807, 2.05) is 12.1 Å². The first kappa shape index (κ1) is 12.4. The van der Waals surface area contributed by atoms with Gasteiger partial charge in [-0.3, -0.25) is 4.90 Å². The SMILES string of the molecule is N#CC1(CN2CCN(c3ccc(F)cc3)CC2)CC1. The van der Waals surface area contributed by atoms with Crippen molar-refractivity contribution in [1.29, 1.82) is 5.26 Å².